The number of ether oxygens (including phenoxy) is 1. The summed E-state index contributed by atoms with van der Waals surface area (Å²) in [5, 5.41) is 4.23. The largest absolute Gasteiger partial charge is 0.481 e. The van der Waals surface area contributed by atoms with Crippen molar-refractivity contribution in [2.24, 2.45) is 7.05 Å². The van der Waals surface area contributed by atoms with Gasteiger partial charge in [-0.2, -0.15) is 5.10 Å². The third-order valence-corrected chi connectivity index (χ3v) is 2.32. The molecule has 0 N–H and O–H groups in total. The molecular weight excluding hydrogens is 192 g/mol. The molecule has 0 aliphatic carbocycles. The van der Waals surface area contributed by atoms with Crippen LogP contribution in [0, 0.1) is 6.92 Å². The summed E-state index contributed by atoms with van der Waals surface area (Å²) in [7, 11) is 3.41. The van der Waals surface area contributed by atoms with Gasteiger partial charge in [0.15, 0.2) is 5.78 Å². The third kappa shape index (κ3) is 2.26. The van der Waals surface area contributed by atoms with Gasteiger partial charge in [-0.3, -0.25) is 4.79 Å². The van der Waals surface area contributed by atoms with Gasteiger partial charge in [0.25, 0.3) is 0 Å². The number of hydrogen-bond acceptors (Lipinski definition) is 3. The quantitative estimate of drug-likeness (QED) is 0.710. The van der Waals surface area contributed by atoms with Gasteiger partial charge in [-0.25, -0.2) is 4.68 Å². The maximum Gasteiger partial charge on any atom is 0.218 e. The normalized spacial score (nSPS) is 11.7. The van der Waals surface area contributed by atoms with Crippen LogP contribution in [0.1, 0.15) is 25.1 Å². The van der Waals surface area contributed by atoms with Crippen molar-refractivity contribution in [2.75, 3.05) is 7.11 Å². The van der Waals surface area contributed by atoms with E-state index in [9.17, 15) is 4.79 Å². The van der Waals surface area contributed by atoms with Crippen LogP contribution in [0.3, 0.4) is 0 Å². The second kappa shape index (κ2) is 4.29. The molecule has 0 aliphatic rings. The molecule has 0 amide bonds. The molecule has 4 heteroatoms. The Morgan fingerprint density at radius 1 is 1.47 bits per heavy atom. The predicted octanol–water partition coefficient (Wildman–Crippen LogP) is 1.73. The van der Waals surface area contributed by atoms with Crippen LogP contribution in [0.5, 0.6) is 5.88 Å². The smallest absolute Gasteiger partial charge is 0.218 e. The highest BCUT2D eigenvalue weighted by Crippen LogP contribution is 2.23. The van der Waals surface area contributed by atoms with Crippen LogP contribution < -0.4 is 4.74 Å². The molecule has 0 spiro atoms. The molecule has 1 aromatic heterocycles. The van der Waals surface area contributed by atoms with Crippen LogP contribution in [0.15, 0.2) is 5.57 Å². The lowest BCUT2D eigenvalue weighted by atomic mass is 10.1. The standard InChI is InChI=1S/C11H16N2O2/c1-7(9(3)14)6-10-8(2)12-13(4)11(10)15-5/h6H,1-5H3/b7-6-. The van der Waals surface area contributed by atoms with Gasteiger partial charge in [-0.1, -0.05) is 0 Å². The average molecular weight is 208 g/mol. The molecule has 0 bridgehead atoms. The zero-order valence-corrected chi connectivity index (χ0v) is 9.79. The SMILES string of the molecule is COc1c(/C=C(/C)C(C)=O)c(C)nn1C. The second-order valence-corrected chi connectivity index (χ2v) is 3.52. The Labute approximate surface area is 89.5 Å². The molecule has 1 heterocycles. The number of aryl methyl sites for hydroxylation is 2. The summed E-state index contributed by atoms with van der Waals surface area (Å²) in [6, 6.07) is 0. The topological polar surface area (TPSA) is 44.1 Å². The molecule has 0 fully saturated rings. The Balaban J connectivity index is 3.25. The van der Waals surface area contributed by atoms with Crippen LogP contribution in [-0.4, -0.2) is 22.7 Å². The molecular formula is C11H16N2O2. The van der Waals surface area contributed by atoms with E-state index in [1.807, 2.05) is 20.0 Å². The Morgan fingerprint density at radius 3 is 2.53 bits per heavy atom. The Morgan fingerprint density at radius 2 is 2.07 bits per heavy atom. The average Bonchev–Trinajstić information content (AvgIpc) is 2.41. The number of Topliss-reactive ketones (excluding diaryl/α,β-unsaturated/α-hetero) is 1. The van der Waals surface area contributed by atoms with Crippen LogP contribution in [0.2, 0.25) is 0 Å². The molecule has 0 unspecified atom stereocenters. The fraction of sp³-hybridized carbons (Fsp3) is 0.455. The first-order chi connectivity index (χ1) is 6.97. The maximum atomic E-state index is 11.1. The number of ketones is 1. The fourth-order valence-electron chi connectivity index (χ4n) is 1.38. The Bertz CT molecular complexity index is 416. The van der Waals surface area contributed by atoms with E-state index in [0.717, 1.165) is 11.3 Å². The van der Waals surface area contributed by atoms with Crippen molar-refractivity contribution in [3.05, 3.63) is 16.8 Å². The summed E-state index contributed by atoms with van der Waals surface area (Å²) >= 11 is 0. The monoisotopic (exact) mass is 208 g/mol. The maximum absolute atomic E-state index is 11.1. The van der Waals surface area contributed by atoms with Crippen molar-refractivity contribution in [3.63, 3.8) is 0 Å². The third-order valence-electron chi connectivity index (χ3n) is 2.32. The number of hydrogen-bond donors (Lipinski definition) is 0. The fourth-order valence-corrected chi connectivity index (χ4v) is 1.38. The van der Waals surface area contributed by atoms with Gasteiger partial charge in [-0.15, -0.1) is 0 Å². The summed E-state index contributed by atoms with van der Waals surface area (Å²) in [6.45, 7) is 5.22. The van der Waals surface area contributed by atoms with E-state index >= 15 is 0 Å². The van der Waals surface area contributed by atoms with E-state index in [-0.39, 0.29) is 5.78 Å². The molecule has 0 aliphatic heterocycles. The zero-order chi connectivity index (χ0) is 11.6. The minimum absolute atomic E-state index is 0.0558. The molecule has 4 nitrogen and oxygen atoms in total. The first-order valence-electron chi connectivity index (χ1n) is 4.74. The van der Waals surface area contributed by atoms with Gasteiger partial charge < -0.3 is 4.74 Å². The van der Waals surface area contributed by atoms with E-state index in [0.29, 0.717) is 11.5 Å². The summed E-state index contributed by atoms with van der Waals surface area (Å²) in [4.78, 5) is 11.1. The second-order valence-electron chi connectivity index (χ2n) is 3.52. The summed E-state index contributed by atoms with van der Waals surface area (Å²) in [5.41, 5.74) is 2.42. The lowest BCUT2D eigenvalue weighted by Gasteiger charge is -2.01. The van der Waals surface area contributed by atoms with Gasteiger partial charge >= 0.3 is 0 Å². The molecule has 0 radical (unpaired) electrons. The zero-order valence-electron chi connectivity index (χ0n) is 9.79. The van der Waals surface area contributed by atoms with Crippen LogP contribution >= 0.6 is 0 Å². The number of methoxy groups -OCH3 is 1. The minimum atomic E-state index is 0.0558. The minimum Gasteiger partial charge on any atom is -0.481 e. The van der Waals surface area contributed by atoms with E-state index in [2.05, 4.69) is 5.10 Å². The van der Waals surface area contributed by atoms with Crippen molar-refractivity contribution >= 4 is 11.9 Å². The highest BCUT2D eigenvalue weighted by Gasteiger charge is 2.12. The van der Waals surface area contributed by atoms with Crippen molar-refractivity contribution in [2.45, 2.75) is 20.8 Å². The molecule has 1 rings (SSSR count). The van der Waals surface area contributed by atoms with Gasteiger partial charge in [0.2, 0.25) is 5.88 Å². The summed E-state index contributed by atoms with van der Waals surface area (Å²) in [5.74, 6) is 0.730. The van der Waals surface area contributed by atoms with Gasteiger partial charge in [0, 0.05) is 7.05 Å². The molecule has 82 valence electrons. The van der Waals surface area contributed by atoms with Gasteiger partial charge in [0.05, 0.1) is 18.4 Å². The molecule has 0 aromatic carbocycles. The van der Waals surface area contributed by atoms with Crippen molar-refractivity contribution in [1.29, 1.82) is 0 Å². The summed E-state index contributed by atoms with van der Waals surface area (Å²) < 4.78 is 6.88. The summed E-state index contributed by atoms with van der Waals surface area (Å²) in [6.07, 6.45) is 1.81. The molecule has 0 saturated heterocycles. The Kier molecular flexibility index (Phi) is 3.29. The van der Waals surface area contributed by atoms with E-state index in [1.165, 1.54) is 0 Å². The molecule has 15 heavy (non-hydrogen) atoms. The van der Waals surface area contributed by atoms with Crippen LogP contribution in [0.4, 0.5) is 0 Å². The van der Waals surface area contributed by atoms with Crippen molar-refractivity contribution < 1.29 is 9.53 Å². The lowest BCUT2D eigenvalue weighted by molar-refractivity contribution is -0.113. The molecule has 1 aromatic rings. The van der Waals surface area contributed by atoms with E-state index in [4.69, 9.17) is 4.74 Å². The van der Waals surface area contributed by atoms with E-state index < -0.39 is 0 Å². The number of carbonyl (C=O) groups excluding carboxylic acids is 1. The highest BCUT2D eigenvalue weighted by atomic mass is 16.5. The van der Waals surface area contributed by atoms with Gasteiger partial charge in [-0.05, 0) is 32.4 Å². The Hall–Kier alpha value is -1.58. The lowest BCUT2D eigenvalue weighted by Crippen LogP contribution is -1.96. The predicted molar refractivity (Wildman–Crippen MR) is 58.8 cm³/mol. The first-order valence-corrected chi connectivity index (χ1v) is 4.74. The molecule has 0 saturated carbocycles. The van der Waals surface area contributed by atoms with Crippen molar-refractivity contribution in [3.8, 4) is 5.88 Å². The number of nitrogens with zero attached hydrogens (tertiary/aromatic N) is 2. The number of allylic oxidation sites excluding steroid dienone is 1. The first kappa shape index (κ1) is 11.5. The number of carbonyl (C=O) groups is 1. The van der Waals surface area contributed by atoms with Gasteiger partial charge in [0.1, 0.15) is 0 Å². The van der Waals surface area contributed by atoms with Crippen LogP contribution in [-0.2, 0) is 11.8 Å². The van der Waals surface area contributed by atoms with Crippen LogP contribution in [0.25, 0.3) is 6.08 Å². The van der Waals surface area contributed by atoms with E-state index in [1.54, 1.807) is 25.6 Å². The number of rotatable bonds is 3. The highest BCUT2D eigenvalue weighted by molar-refractivity contribution is 5.97. The number of aromatic nitrogens is 2. The van der Waals surface area contributed by atoms with Crippen molar-refractivity contribution in [1.82, 2.24) is 9.78 Å². The molecule has 0 atom stereocenters.